The van der Waals surface area contributed by atoms with E-state index in [-0.39, 0.29) is 24.1 Å². The number of halogens is 1. The molecule has 1 aliphatic heterocycles. The summed E-state index contributed by atoms with van der Waals surface area (Å²) in [5.41, 5.74) is 1.73. The standard InChI is InChI=1S/C20H21FN2O3/c1-26-20(25)16-7-3-5-9-18(16)22-10-12-23(13-11-22)19(24)14-15-6-2-4-8-17(15)21/h2-9H,10-14H2,1H3. The highest BCUT2D eigenvalue weighted by molar-refractivity contribution is 5.95. The molecule has 26 heavy (non-hydrogen) atoms. The van der Waals surface area contributed by atoms with Crippen LogP contribution in [0, 0.1) is 5.82 Å². The van der Waals surface area contributed by atoms with Gasteiger partial charge in [-0.25, -0.2) is 9.18 Å². The Labute approximate surface area is 152 Å². The van der Waals surface area contributed by atoms with Gasteiger partial charge in [0.15, 0.2) is 0 Å². The highest BCUT2D eigenvalue weighted by atomic mass is 19.1. The molecular weight excluding hydrogens is 335 g/mol. The van der Waals surface area contributed by atoms with Gasteiger partial charge in [-0.15, -0.1) is 0 Å². The lowest BCUT2D eigenvalue weighted by Crippen LogP contribution is -2.49. The molecule has 0 aliphatic carbocycles. The smallest absolute Gasteiger partial charge is 0.339 e. The number of benzene rings is 2. The van der Waals surface area contributed by atoms with Crippen molar-refractivity contribution in [2.24, 2.45) is 0 Å². The van der Waals surface area contributed by atoms with E-state index in [4.69, 9.17) is 4.74 Å². The number of hydrogen-bond acceptors (Lipinski definition) is 4. The lowest BCUT2D eigenvalue weighted by atomic mass is 10.1. The van der Waals surface area contributed by atoms with E-state index in [9.17, 15) is 14.0 Å². The first kappa shape index (κ1) is 17.9. The Morgan fingerprint density at radius 3 is 2.35 bits per heavy atom. The van der Waals surface area contributed by atoms with Crippen molar-refractivity contribution in [3.63, 3.8) is 0 Å². The third kappa shape index (κ3) is 3.85. The summed E-state index contributed by atoms with van der Waals surface area (Å²) in [5.74, 6) is -0.818. The van der Waals surface area contributed by atoms with Gasteiger partial charge in [-0.3, -0.25) is 4.79 Å². The molecule has 0 aromatic heterocycles. The molecule has 1 fully saturated rings. The van der Waals surface area contributed by atoms with Crippen molar-refractivity contribution in [3.8, 4) is 0 Å². The van der Waals surface area contributed by atoms with Crippen molar-refractivity contribution in [1.29, 1.82) is 0 Å². The van der Waals surface area contributed by atoms with E-state index < -0.39 is 0 Å². The minimum absolute atomic E-state index is 0.0609. The minimum Gasteiger partial charge on any atom is -0.465 e. The Bertz CT molecular complexity index is 801. The molecular formula is C20H21FN2O3. The number of rotatable bonds is 4. The van der Waals surface area contributed by atoms with Gasteiger partial charge >= 0.3 is 5.97 Å². The van der Waals surface area contributed by atoms with Crippen LogP contribution in [0.2, 0.25) is 0 Å². The molecule has 0 N–H and O–H groups in total. The zero-order valence-corrected chi connectivity index (χ0v) is 14.7. The van der Waals surface area contributed by atoms with Gasteiger partial charge < -0.3 is 14.5 Å². The summed E-state index contributed by atoms with van der Waals surface area (Å²) in [7, 11) is 1.36. The maximum absolute atomic E-state index is 13.7. The molecule has 2 aromatic rings. The van der Waals surface area contributed by atoms with E-state index in [2.05, 4.69) is 4.90 Å². The van der Waals surface area contributed by atoms with E-state index in [1.165, 1.54) is 13.2 Å². The molecule has 5 nitrogen and oxygen atoms in total. The van der Waals surface area contributed by atoms with Crippen LogP contribution in [0.25, 0.3) is 0 Å². The average Bonchev–Trinajstić information content (AvgIpc) is 2.69. The Balaban J connectivity index is 1.64. The van der Waals surface area contributed by atoms with Gasteiger partial charge in [-0.2, -0.15) is 0 Å². The fourth-order valence-corrected chi connectivity index (χ4v) is 3.15. The van der Waals surface area contributed by atoms with Gasteiger partial charge in [0.25, 0.3) is 0 Å². The molecule has 0 spiro atoms. The van der Waals surface area contributed by atoms with Crippen LogP contribution in [0.1, 0.15) is 15.9 Å². The van der Waals surface area contributed by atoms with Crippen molar-refractivity contribution in [2.45, 2.75) is 6.42 Å². The number of methoxy groups -OCH3 is 1. The molecule has 0 atom stereocenters. The molecule has 1 heterocycles. The zero-order valence-electron chi connectivity index (χ0n) is 14.7. The molecule has 6 heteroatoms. The van der Waals surface area contributed by atoms with Crippen LogP contribution < -0.4 is 4.90 Å². The van der Waals surface area contributed by atoms with Gasteiger partial charge in [0.05, 0.1) is 24.8 Å². The topological polar surface area (TPSA) is 49.9 Å². The predicted molar refractivity (Wildman–Crippen MR) is 96.7 cm³/mol. The van der Waals surface area contributed by atoms with Crippen LogP contribution in [0.5, 0.6) is 0 Å². The number of amides is 1. The molecule has 0 bridgehead atoms. The zero-order chi connectivity index (χ0) is 18.5. The number of ether oxygens (including phenoxy) is 1. The van der Waals surface area contributed by atoms with Crippen molar-refractivity contribution < 1.29 is 18.7 Å². The molecule has 1 aliphatic rings. The van der Waals surface area contributed by atoms with Crippen molar-refractivity contribution >= 4 is 17.6 Å². The van der Waals surface area contributed by atoms with Crippen LogP contribution in [0.3, 0.4) is 0 Å². The number of esters is 1. The number of nitrogens with zero attached hydrogens (tertiary/aromatic N) is 2. The number of carbonyl (C=O) groups excluding carboxylic acids is 2. The van der Waals surface area contributed by atoms with Crippen molar-refractivity contribution in [1.82, 2.24) is 4.90 Å². The van der Waals surface area contributed by atoms with E-state index in [1.54, 1.807) is 35.2 Å². The number of piperazine rings is 1. The second-order valence-electron chi connectivity index (χ2n) is 6.14. The van der Waals surface area contributed by atoms with E-state index in [1.807, 2.05) is 12.1 Å². The monoisotopic (exact) mass is 356 g/mol. The average molecular weight is 356 g/mol. The summed E-state index contributed by atoms with van der Waals surface area (Å²) < 4.78 is 18.6. The molecule has 1 amide bonds. The van der Waals surface area contributed by atoms with Crippen molar-refractivity contribution in [3.05, 3.63) is 65.5 Å². The molecule has 0 saturated carbocycles. The van der Waals surface area contributed by atoms with Crippen LogP contribution >= 0.6 is 0 Å². The molecule has 1 saturated heterocycles. The van der Waals surface area contributed by atoms with E-state index >= 15 is 0 Å². The summed E-state index contributed by atoms with van der Waals surface area (Å²) in [6.45, 7) is 2.28. The summed E-state index contributed by atoms with van der Waals surface area (Å²) in [6, 6.07) is 13.6. The van der Waals surface area contributed by atoms with Gasteiger partial charge in [-0.1, -0.05) is 30.3 Å². The molecule has 0 radical (unpaired) electrons. The second kappa shape index (κ2) is 7.99. The Morgan fingerprint density at radius 1 is 1.00 bits per heavy atom. The first-order chi connectivity index (χ1) is 12.6. The lowest BCUT2D eigenvalue weighted by molar-refractivity contribution is -0.130. The Morgan fingerprint density at radius 2 is 1.65 bits per heavy atom. The Kier molecular flexibility index (Phi) is 5.51. The summed E-state index contributed by atoms with van der Waals surface area (Å²) in [4.78, 5) is 28.2. The van der Waals surface area contributed by atoms with Crippen LogP contribution in [0.15, 0.2) is 48.5 Å². The largest absolute Gasteiger partial charge is 0.465 e. The fraction of sp³-hybridized carbons (Fsp3) is 0.300. The highest BCUT2D eigenvalue weighted by Gasteiger charge is 2.24. The summed E-state index contributed by atoms with van der Waals surface area (Å²) in [5, 5.41) is 0. The summed E-state index contributed by atoms with van der Waals surface area (Å²) in [6.07, 6.45) is 0.0609. The van der Waals surface area contributed by atoms with E-state index in [0.717, 1.165) is 5.69 Å². The molecule has 136 valence electrons. The predicted octanol–water partition coefficient (Wildman–Crippen LogP) is 2.50. The molecule has 2 aromatic carbocycles. The maximum Gasteiger partial charge on any atom is 0.339 e. The van der Waals surface area contributed by atoms with Crippen LogP contribution in [-0.2, 0) is 16.0 Å². The highest BCUT2D eigenvalue weighted by Crippen LogP contribution is 2.23. The number of anilines is 1. The maximum atomic E-state index is 13.7. The van der Waals surface area contributed by atoms with Gasteiger partial charge in [0, 0.05) is 26.2 Å². The van der Waals surface area contributed by atoms with Gasteiger partial charge in [0.2, 0.25) is 5.91 Å². The van der Waals surface area contributed by atoms with Crippen molar-refractivity contribution in [2.75, 3.05) is 38.2 Å². The third-order valence-corrected chi connectivity index (χ3v) is 4.58. The number of para-hydroxylation sites is 1. The molecule has 0 unspecified atom stereocenters. The van der Waals surface area contributed by atoms with Gasteiger partial charge in [0.1, 0.15) is 5.82 Å². The SMILES string of the molecule is COC(=O)c1ccccc1N1CCN(C(=O)Cc2ccccc2F)CC1. The normalized spacial score (nSPS) is 14.2. The van der Waals surface area contributed by atoms with Crippen LogP contribution in [-0.4, -0.2) is 50.1 Å². The third-order valence-electron chi connectivity index (χ3n) is 4.58. The molecule has 3 rings (SSSR count). The first-order valence-corrected chi connectivity index (χ1v) is 8.53. The van der Waals surface area contributed by atoms with Crippen LogP contribution in [0.4, 0.5) is 10.1 Å². The summed E-state index contributed by atoms with van der Waals surface area (Å²) >= 11 is 0. The second-order valence-corrected chi connectivity index (χ2v) is 6.14. The Hall–Kier alpha value is -2.89. The lowest BCUT2D eigenvalue weighted by Gasteiger charge is -2.36. The fourth-order valence-electron chi connectivity index (χ4n) is 3.15. The minimum atomic E-state index is -0.376. The van der Waals surface area contributed by atoms with E-state index in [0.29, 0.717) is 37.3 Å². The quantitative estimate of drug-likeness (QED) is 0.790. The van der Waals surface area contributed by atoms with Gasteiger partial charge in [-0.05, 0) is 23.8 Å². The first-order valence-electron chi connectivity index (χ1n) is 8.53. The number of carbonyl (C=O) groups is 2. The number of hydrogen-bond donors (Lipinski definition) is 0.